The second-order valence-corrected chi connectivity index (χ2v) is 8.42. The number of hydrogen-bond donors (Lipinski definition) is 0. The molecule has 0 N–H and O–H groups in total. The minimum atomic E-state index is -0.221. The molecule has 2 aliphatic heterocycles. The lowest BCUT2D eigenvalue weighted by molar-refractivity contribution is -0.138. The van der Waals surface area contributed by atoms with E-state index in [1.807, 2.05) is 57.0 Å². The van der Waals surface area contributed by atoms with Crippen molar-refractivity contribution in [1.82, 2.24) is 14.7 Å². The van der Waals surface area contributed by atoms with Crippen molar-refractivity contribution in [3.05, 3.63) is 41.1 Å². The quantitative estimate of drug-likeness (QED) is 0.660. The van der Waals surface area contributed by atoms with Gasteiger partial charge in [0, 0.05) is 13.1 Å². The average molecular weight is 400 g/mol. The zero-order valence-corrected chi connectivity index (χ0v) is 18.3. The Hall–Kier alpha value is -2.18. The van der Waals surface area contributed by atoms with E-state index in [1.54, 1.807) is 0 Å². The molecule has 29 heavy (non-hydrogen) atoms. The fourth-order valence-electron chi connectivity index (χ4n) is 4.02. The fraction of sp³-hybridized carbons (Fsp3) is 0.565. The van der Waals surface area contributed by atoms with E-state index in [0.717, 1.165) is 37.1 Å². The van der Waals surface area contributed by atoms with Crippen molar-refractivity contribution in [2.45, 2.75) is 45.8 Å². The number of carbonyl (C=O) groups is 2. The molecule has 0 radical (unpaired) electrons. The number of nitrogens with zero attached hydrogens (tertiary/aromatic N) is 3. The average Bonchev–Trinajstić information content (AvgIpc) is 2.93. The number of carbonyl (C=O) groups excluding carboxylic acids is 2. The molecule has 0 aliphatic carbocycles. The van der Waals surface area contributed by atoms with Crippen molar-refractivity contribution in [2.75, 3.05) is 40.3 Å². The summed E-state index contributed by atoms with van der Waals surface area (Å²) in [5, 5.41) is 0. The van der Waals surface area contributed by atoms with Gasteiger partial charge < -0.3 is 14.5 Å². The van der Waals surface area contributed by atoms with Gasteiger partial charge in [0.25, 0.3) is 11.8 Å². The van der Waals surface area contributed by atoms with Crippen LogP contribution < -0.4 is 0 Å². The molecular formula is C23H33N3O3. The van der Waals surface area contributed by atoms with E-state index < -0.39 is 0 Å². The maximum atomic E-state index is 13.3. The molecule has 1 saturated heterocycles. The molecular weight excluding hydrogens is 366 g/mol. The van der Waals surface area contributed by atoms with Crippen LogP contribution in [-0.2, 0) is 14.3 Å². The Bertz CT molecular complexity index is 777. The number of likely N-dealkylation sites (tertiary alicyclic amines) is 1. The molecule has 6 nitrogen and oxygen atoms in total. The predicted octanol–water partition coefficient (Wildman–Crippen LogP) is 2.53. The van der Waals surface area contributed by atoms with Crippen LogP contribution >= 0.6 is 0 Å². The van der Waals surface area contributed by atoms with Crippen LogP contribution in [-0.4, -0.2) is 79.0 Å². The topological polar surface area (TPSA) is 53.1 Å². The summed E-state index contributed by atoms with van der Waals surface area (Å²) in [6.45, 7) is 8.52. The third kappa shape index (κ3) is 4.70. The zero-order chi connectivity index (χ0) is 21.1. The van der Waals surface area contributed by atoms with Crippen molar-refractivity contribution in [3.63, 3.8) is 0 Å². The molecule has 0 bridgehead atoms. The number of rotatable bonds is 7. The fourth-order valence-corrected chi connectivity index (χ4v) is 4.02. The van der Waals surface area contributed by atoms with Gasteiger partial charge in [-0.2, -0.15) is 0 Å². The Kier molecular flexibility index (Phi) is 6.75. The Morgan fingerprint density at radius 1 is 1.10 bits per heavy atom. The number of piperidine rings is 1. The van der Waals surface area contributed by atoms with Gasteiger partial charge in [-0.25, -0.2) is 0 Å². The summed E-state index contributed by atoms with van der Waals surface area (Å²) in [5.74, 6) is -0.430. The van der Waals surface area contributed by atoms with Crippen LogP contribution in [0.25, 0.3) is 5.57 Å². The molecule has 2 heterocycles. The minimum absolute atomic E-state index is 0.0636. The molecule has 2 amide bonds. The van der Waals surface area contributed by atoms with Crippen molar-refractivity contribution in [3.8, 4) is 0 Å². The van der Waals surface area contributed by atoms with Crippen molar-refractivity contribution < 1.29 is 14.3 Å². The lowest BCUT2D eigenvalue weighted by atomic mass is 9.99. The van der Waals surface area contributed by atoms with Crippen LogP contribution in [0, 0.1) is 6.92 Å². The number of aryl methyl sites for hydroxylation is 1. The van der Waals surface area contributed by atoms with E-state index in [4.69, 9.17) is 4.74 Å². The van der Waals surface area contributed by atoms with Gasteiger partial charge in [-0.15, -0.1) is 0 Å². The molecule has 158 valence electrons. The maximum absolute atomic E-state index is 13.3. The van der Waals surface area contributed by atoms with Gasteiger partial charge in [-0.3, -0.25) is 14.5 Å². The summed E-state index contributed by atoms with van der Waals surface area (Å²) in [7, 11) is 4.08. The first-order valence-corrected chi connectivity index (χ1v) is 10.5. The molecule has 0 unspecified atom stereocenters. The molecule has 2 aliphatic rings. The van der Waals surface area contributed by atoms with Gasteiger partial charge >= 0.3 is 0 Å². The van der Waals surface area contributed by atoms with E-state index in [9.17, 15) is 9.59 Å². The van der Waals surface area contributed by atoms with E-state index in [1.165, 1.54) is 4.90 Å². The van der Waals surface area contributed by atoms with Crippen molar-refractivity contribution in [1.29, 1.82) is 0 Å². The summed E-state index contributed by atoms with van der Waals surface area (Å²) in [6.07, 6.45) is 2.03. The monoisotopic (exact) mass is 399 g/mol. The summed E-state index contributed by atoms with van der Waals surface area (Å²) in [4.78, 5) is 32.3. The van der Waals surface area contributed by atoms with Crippen LogP contribution in [0.3, 0.4) is 0 Å². The van der Waals surface area contributed by atoms with Gasteiger partial charge in [-0.1, -0.05) is 29.8 Å². The first kappa shape index (κ1) is 21.5. The summed E-state index contributed by atoms with van der Waals surface area (Å²) >= 11 is 0. The Morgan fingerprint density at radius 2 is 1.72 bits per heavy atom. The van der Waals surface area contributed by atoms with Crippen LogP contribution in [0.15, 0.2) is 30.0 Å². The Morgan fingerprint density at radius 3 is 2.31 bits per heavy atom. The number of ether oxygens (including phenoxy) is 1. The highest BCUT2D eigenvalue weighted by Crippen LogP contribution is 2.33. The molecule has 0 saturated carbocycles. The largest absolute Gasteiger partial charge is 0.377 e. The van der Waals surface area contributed by atoms with Gasteiger partial charge in [-0.05, 0) is 59.3 Å². The Labute approximate surface area is 174 Å². The molecule has 0 atom stereocenters. The molecule has 6 heteroatoms. The second kappa shape index (κ2) is 9.09. The van der Waals surface area contributed by atoms with Crippen molar-refractivity contribution in [2.24, 2.45) is 0 Å². The van der Waals surface area contributed by atoms with E-state index in [-0.39, 0.29) is 30.5 Å². The third-order valence-electron chi connectivity index (χ3n) is 5.84. The first-order valence-electron chi connectivity index (χ1n) is 10.5. The van der Waals surface area contributed by atoms with Crippen molar-refractivity contribution >= 4 is 17.4 Å². The summed E-state index contributed by atoms with van der Waals surface area (Å²) in [5.41, 5.74) is 2.97. The van der Waals surface area contributed by atoms with Gasteiger partial charge in [0.15, 0.2) is 0 Å². The highest BCUT2D eigenvalue weighted by Gasteiger charge is 2.42. The normalized spacial score (nSPS) is 19.0. The zero-order valence-electron chi connectivity index (χ0n) is 18.3. The smallest absolute Gasteiger partial charge is 0.277 e. The van der Waals surface area contributed by atoms with Crippen LogP contribution in [0.5, 0.6) is 0 Å². The minimum Gasteiger partial charge on any atom is -0.377 e. The van der Waals surface area contributed by atoms with Crippen LogP contribution in [0.2, 0.25) is 0 Å². The lowest BCUT2D eigenvalue weighted by Gasteiger charge is -2.36. The van der Waals surface area contributed by atoms with Gasteiger partial charge in [0.2, 0.25) is 0 Å². The van der Waals surface area contributed by atoms with E-state index in [0.29, 0.717) is 17.9 Å². The number of benzene rings is 1. The molecule has 1 aromatic carbocycles. The molecule has 1 fully saturated rings. The number of hydrogen-bond acceptors (Lipinski definition) is 5. The van der Waals surface area contributed by atoms with E-state index >= 15 is 0 Å². The highest BCUT2D eigenvalue weighted by molar-refractivity contribution is 6.35. The lowest BCUT2D eigenvalue weighted by Crippen LogP contribution is -2.44. The summed E-state index contributed by atoms with van der Waals surface area (Å²) in [6, 6.07) is 8.10. The third-order valence-corrected chi connectivity index (χ3v) is 5.84. The Balaban J connectivity index is 1.92. The molecule has 1 aromatic rings. The van der Waals surface area contributed by atoms with Crippen LogP contribution in [0.1, 0.15) is 37.8 Å². The first-order chi connectivity index (χ1) is 13.8. The number of likely N-dealkylation sites (N-methyl/N-ethyl adjacent to an activating group) is 1. The SMILES string of the molecule is Cc1ccc(C2=C(N(C)C3CCN(C)CC3)C(=O)N(CCOC(C)C)C2=O)cc1. The molecule has 3 rings (SSSR count). The molecule has 0 spiro atoms. The highest BCUT2D eigenvalue weighted by atomic mass is 16.5. The molecule has 0 aromatic heterocycles. The standard InChI is InChI=1S/C23H33N3O3/c1-16(2)29-15-14-26-22(27)20(18-8-6-17(3)7-9-18)21(23(26)28)25(5)19-10-12-24(4)13-11-19/h6-9,16,19H,10-15H2,1-5H3. The van der Waals surface area contributed by atoms with E-state index in [2.05, 4.69) is 11.9 Å². The second-order valence-electron chi connectivity index (χ2n) is 8.42. The predicted molar refractivity (Wildman–Crippen MR) is 114 cm³/mol. The number of amides is 2. The van der Waals surface area contributed by atoms with Gasteiger partial charge in [0.1, 0.15) is 5.70 Å². The summed E-state index contributed by atoms with van der Waals surface area (Å²) < 4.78 is 5.60. The van der Waals surface area contributed by atoms with Gasteiger partial charge in [0.05, 0.1) is 24.8 Å². The maximum Gasteiger partial charge on any atom is 0.277 e. The van der Waals surface area contributed by atoms with Crippen LogP contribution in [0.4, 0.5) is 0 Å². The number of imide groups is 1.